The van der Waals surface area contributed by atoms with Crippen LogP contribution in [0.2, 0.25) is 0 Å². The molecule has 192 valence electrons. The normalized spacial score (nSPS) is 16.8. The number of nitrogens with zero attached hydrogens (tertiary/aromatic N) is 1. The standard InChI is InChI=1S/C30H31NO6/c1-18(2)17-37-22-12-8-20(9-13-22)27-26(28(32)24-15-14-23(35-4)16-25(24)36-5)29(33)30(34)31(27)21-10-6-19(3)7-11-21/h6-16,18,27,32H,17H2,1-5H3/b28-26-. The minimum absolute atomic E-state index is 0.0232. The second kappa shape index (κ2) is 10.8. The molecule has 0 radical (unpaired) electrons. The van der Waals surface area contributed by atoms with E-state index in [-0.39, 0.29) is 16.9 Å². The van der Waals surface area contributed by atoms with Gasteiger partial charge in [0.05, 0.1) is 38.0 Å². The molecule has 0 saturated carbocycles. The SMILES string of the molecule is COc1ccc(/C(O)=C2/C(=O)C(=O)N(c3ccc(C)cc3)C2c2ccc(OCC(C)C)cc2)c(OC)c1. The Morgan fingerprint density at radius 2 is 1.57 bits per heavy atom. The average molecular weight is 502 g/mol. The first-order valence-electron chi connectivity index (χ1n) is 12.1. The van der Waals surface area contributed by atoms with Crippen molar-refractivity contribution >= 4 is 23.1 Å². The molecule has 3 aromatic carbocycles. The Labute approximate surface area is 216 Å². The van der Waals surface area contributed by atoms with Crippen LogP contribution < -0.4 is 19.1 Å². The summed E-state index contributed by atoms with van der Waals surface area (Å²) in [6.45, 7) is 6.65. The van der Waals surface area contributed by atoms with Crippen LogP contribution in [0.15, 0.2) is 72.3 Å². The van der Waals surface area contributed by atoms with Gasteiger partial charge in [-0.15, -0.1) is 0 Å². The molecule has 7 heteroatoms. The number of rotatable bonds is 8. The van der Waals surface area contributed by atoms with Crippen LogP contribution in [0.3, 0.4) is 0 Å². The fourth-order valence-electron chi connectivity index (χ4n) is 4.27. The van der Waals surface area contributed by atoms with Gasteiger partial charge in [0.25, 0.3) is 11.7 Å². The molecule has 4 rings (SSSR count). The lowest BCUT2D eigenvalue weighted by molar-refractivity contribution is -0.132. The smallest absolute Gasteiger partial charge is 0.300 e. The van der Waals surface area contributed by atoms with E-state index in [4.69, 9.17) is 14.2 Å². The van der Waals surface area contributed by atoms with Gasteiger partial charge in [0.1, 0.15) is 23.0 Å². The lowest BCUT2D eigenvalue weighted by atomic mass is 9.94. The Bertz CT molecular complexity index is 1330. The Morgan fingerprint density at radius 3 is 2.16 bits per heavy atom. The molecule has 0 bridgehead atoms. The lowest BCUT2D eigenvalue weighted by Crippen LogP contribution is -2.29. The van der Waals surface area contributed by atoms with E-state index in [0.29, 0.717) is 41.0 Å². The number of hydrogen-bond acceptors (Lipinski definition) is 6. The molecule has 1 saturated heterocycles. The van der Waals surface area contributed by atoms with Gasteiger partial charge in [-0.2, -0.15) is 0 Å². The van der Waals surface area contributed by atoms with Crippen LogP contribution in [0.1, 0.15) is 36.6 Å². The first kappa shape index (κ1) is 25.8. The molecule has 1 aliphatic rings. The Kier molecular flexibility index (Phi) is 7.53. The fourth-order valence-corrected chi connectivity index (χ4v) is 4.27. The number of carbonyl (C=O) groups excluding carboxylic acids is 2. The summed E-state index contributed by atoms with van der Waals surface area (Å²) in [7, 11) is 2.99. The summed E-state index contributed by atoms with van der Waals surface area (Å²) in [5.74, 6) is 0.0765. The van der Waals surface area contributed by atoms with Gasteiger partial charge in [-0.3, -0.25) is 14.5 Å². The van der Waals surface area contributed by atoms with Gasteiger partial charge >= 0.3 is 0 Å². The second-order valence-corrected chi connectivity index (χ2v) is 9.34. The first-order valence-corrected chi connectivity index (χ1v) is 12.1. The van der Waals surface area contributed by atoms with E-state index in [9.17, 15) is 14.7 Å². The zero-order valence-corrected chi connectivity index (χ0v) is 21.6. The third-order valence-corrected chi connectivity index (χ3v) is 6.20. The number of anilines is 1. The molecule has 1 amide bonds. The summed E-state index contributed by atoms with van der Waals surface area (Å²) in [6.07, 6.45) is 0. The quantitative estimate of drug-likeness (QED) is 0.243. The molecule has 1 unspecified atom stereocenters. The minimum Gasteiger partial charge on any atom is -0.507 e. The highest BCUT2D eigenvalue weighted by atomic mass is 16.5. The maximum absolute atomic E-state index is 13.4. The van der Waals surface area contributed by atoms with E-state index in [1.54, 1.807) is 42.5 Å². The van der Waals surface area contributed by atoms with E-state index in [0.717, 1.165) is 5.56 Å². The van der Waals surface area contributed by atoms with Crippen molar-refractivity contribution in [3.05, 3.63) is 89.0 Å². The van der Waals surface area contributed by atoms with Crippen molar-refractivity contribution in [1.29, 1.82) is 0 Å². The molecule has 0 aliphatic carbocycles. The van der Waals surface area contributed by atoms with Crippen LogP contribution in [-0.4, -0.2) is 37.6 Å². The van der Waals surface area contributed by atoms with Crippen LogP contribution in [-0.2, 0) is 9.59 Å². The van der Waals surface area contributed by atoms with Crippen LogP contribution in [0.5, 0.6) is 17.2 Å². The number of carbonyl (C=O) groups is 2. The number of aliphatic hydroxyl groups excluding tert-OH is 1. The van der Waals surface area contributed by atoms with E-state index >= 15 is 0 Å². The highest BCUT2D eigenvalue weighted by Gasteiger charge is 2.47. The van der Waals surface area contributed by atoms with Gasteiger partial charge in [-0.1, -0.05) is 43.7 Å². The highest BCUT2D eigenvalue weighted by Crippen LogP contribution is 2.44. The Hall–Kier alpha value is -4.26. The molecule has 1 aliphatic heterocycles. The Morgan fingerprint density at radius 1 is 0.919 bits per heavy atom. The number of methoxy groups -OCH3 is 2. The molecule has 37 heavy (non-hydrogen) atoms. The van der Waals surface area contributed by atoms with Crippen molar-refractivity contribution in [1.82, 2.24) is 0 Å². The zero-order valence-electron chi connectivity index (χ0n) is 21.6. The monoisotopic (exact) mass is 501 g/mol. The number of ketones is 1. The Balaban J connectivity index is 1.88. The lowest BCUT2D eigenvalue weighted by Gasteiger charge is -2.26. The number of hydrogen-bond donors (Lipinski definition) is 1. The van der Waals surface area contributed by atoms with Crippen LogP contribution in [0.25, 0.3) is 5.76 Å². The number of aliphatic hydroxyl groups is 1. The van der Waals surface area contributed by atoms with Crippen molar-refractivity contribution < 1.29 is 28.9 Å². The minimum atomic E-state index is -0.853. The highest BCUT2D eigenvalue weighted by molar-refractivity contribution is 6.51. The van der Waals surface area contributed by atoms with E-state index < -0.39 is 17.7 Å². The summed E-state index contributed by atoms with van der Waals surface area (Å²) in [6, 6.07) is 18.6. The number of ether oxygens (including phenoxy) is 3. The fraction of sp³-hybridized carbons (Fsp3) is 0.267. The summed E-state index contributed by atoms with van der Waals surface area (Å²) >= 11 is 0. The van der Waals surface area contributed by atoms with Crippen molar-refractivity contribution in [3.8, 4) is 17.2 Å². The van der Waals surface area contributed by atoms with Crippen molar-refractivity contribution in [3.63, 3.8) is 0 Å². The molecule has 0 spiro atoms. The van der Waals surface area contributed by atoms with Gasteiger partial charge < -0.3 is 19.3 Å². The molecule has 3 aromatic rings. The molecular formula is C30H31NO6. The van der Waals surface area contributed by atoms with E-state index in [2.05, 4.69) is 13.8 Å². The topological polar surface area (TPSA) is 85.3 Å². The van der Waals surface area contributed by atoms with E-state index in [1.807, 2.05) is 31.2 Å². The van der Waals surface area contributed by atoms with Gasteiger partial charge in [0.15, 0.2) is 0 Å². The van der Waals surface area contributed by atoms with Crippen LogP contribution in [0, 0.1) is 12.8 Å². The summed E-state index contributed by atoms with van der Waals surface area (Å²) in [5, 5.41) is 11.5. The molecule has 1 N–H and O–H groups in total. The number of benzene rings is 3. The van der Waals surface area contributed by atoms with Crippen LogP contribution >= 0.6 is 0 Å². The van der Waals surface area contributed by atoms with Gasteiger partial charge in [-0.05, 0) is 54.8 Å². The molecule has 1 fully saturated rings. The molecule has 1 heterocycles. The molecule has 7 nitrogen and oxygen atoms in total. The molecule has 0 aromatic heterocycles. The van der Waals surface area contributed by atoms with Gasteiger partial charge in [0.2, 0.25) is 0 Å². The zero-order chi connectivity index (χ0) is 26.7. The van der Waals surface area contributed by atoms with Crippen LogP contribution in [0.4, 0.5) is 5.69 Å². The largest absolute Gasteiger partial charge is 0.507 e. The third-order valence-electron chi connectivity index (χ3n) is 6.20. The van der Waals surface area contributed by atoms with Gasteiger partial charge in [-0.25, -0.2) is 0 Å². The predicted octanol–water partition coefficient (Wildman–Crippen LogP) is 5.67. The summed E-state index contributed by atoms with van der Waals surface area (Å²) in [5.41, 5.74) is 2.49. The molecule has 1 atom stereocenters. The summed E-state index contributed by atoms with van der Waals surface area (Å²) < 4.78 is 16.5. The number of Topliss-reactive ketones (excluding diaryl/α,β-unsaturated/α-hetero) is 1. The second-order valence-electron chi connectivity index (χ2n) is 9.34. The third kappa shape index (κ3) is 5.16. The predicted molar refractivity (Wildman–Crippen MR) is 142 cm³/mol. The van der Waals surface area contributed by atoms with Crippen molar-refractivity contribution in [2.75, 3.05) is 25.7 Å². The number of amides is 1. The van der Waals surface area contributed by atoms with E-state index in [1.165, 1.54) is 19.1 Å². The maximum Gasteiger partial charge on any atom is 0.300 e. The van der Waals surface area contributed by atoms with Gasteiger partial charge in [0, 0.05) is 11.8 Å². The average Bonchev–Trinajstić information content (AvgIpc) is 3.17. The van der Waals surface area contributed by atoms with Crippen molar-refractivity contribution in [2.24, 2.45) is 5.92 Å². The first-order chi connectivity index (χ1) is 17.7. The maximum atomic E-state index is 13.4. The van der Waals surface area contributed by atoms with Crippen molar-refractivity contribution in [2.45, 2.75) is 26.8 Å². The number of aryl methyl sites for hydroxylation is 1. The summed E-state index contributed by atoms with van der Waals surface area (Å²) in [4.78, 5) is 28.2. The molecular weight excluding hydrogens is 470 g/mol.